The number of aromatic nitrogens is 5. The highest BCUT2D eigenvalue weighted by molar-refractivity contribution is 5.99. The van der Waals surface area contributed by atoms with E-state index in [2.05, 4.69) is 31.0 Å². The molecular formula is C14H13N7. The van der Waals surface area contributed by atoms with E-state index in [1.807, 2.05) is 49.4 Å². The van der Waals surface area contributed by atoms with Crippen LogP contribution in [0.2, 0.25) is 0 Å². The minimum absolute atomic E-state index is 0.702. The summed E-state index contributed by atoms with van der Waals surface area (Å²) >= 11 is 0. The third-order valence-electron chi connectivity index (χ3n) is 2.88. The lowest BCUT2D eigenvalue weighted by Crippen LogP contribution is -2.02. The lowest BCUT2D eigenvalue weighted by Gasteiger charge is -2.05. The average Bonchev–Trinajstić information content (AvgIpc) is 3.08. The predicted octanol–water partition coefficient (Wildman–Crippen LogP) is 1.89. The fourth-order valence-electron chi connectivity index (χ4n) is 1.79. The van der Waals surface area contributed by atoms with Crippen LogP contribution in [0.4, 0.5) is 5.82 Å². The maximum Gasteiger partial charge on any atom is 0.146 e. The Labute approximate surface area is 121 Å². The van der Waals surface area contributed by atoms with Crippen LogP contribution in [-0.4, -0.2) is 30.9 Å². The van der Waals surface area contributed by atoms with Gasteiger partial charge in [0.05, 0.1) is 11.4 Å². The minimum atomic E-state index is 0.702. The molecule has 7 nitrogen and oxygen atoms in total. The van der Waals surface area contributed by atoms with Gasteiger partial charge in [-0.05, 0) is 47.2 Å². The maximum absolute atomic E-state index is 4.33. The molecule has 7 heteroatoms. The molecule has 3 aromatic rings. The van der Waals surface area contributed by atoms with E-state index in [1.54, 1.807) is 17.2 Å². The van der Waals surface area contributed by atoms with Crippen molar-refractivity contribution in [3.8, 4) is 5.69 Å². The molecule has 0 fully saturated rings. The molecule has 0 bridgehead atoms. The lowest BCUT2D eigenvalue weighted by atomic mass is 10.1. The van der Waals surface area contributed by atoms with Gasteiger partial charge in [-0.25, -0.2) is 9.67 Å². The van der Waals surface area contributed by atoms with Crippen LogP contribution in [0.15, 0.2) is 60.1 Å². The molecule has 1 aromatic carbocycles. The molecule has 2 aromatic heterocycles. The van der Waals surface area contributed by atoms with Gasteiger partial charge in [0.15, 0.2) is 0 Å². The first-order valence-corrected chi connectivity index (χ1v) is 6.38. The number of pyridine rings is 1. The summed E-state index contributed by atoms with van der Waals surface area (Å²) in [5.74, 6) is 0.702. The summed E-state index contributed by atoms with van der Waals surface area (Å²) in [7, 11) is 0. The van der Waals surface area contributed by atoms with E-state index in [-0.39, 0.29) is 0 Å². The molecule has 0 amide bonds. The van der Waals surface area contributed by atoms with Gasteiger partial charge in [-0.2, -0.15) is 5.10 Å². The van der Waals surface area contributed by atoms with Crippen LogP contribution in [0.5, 0.6) is 0 Å². The van der Waals surface area contributed by atoms with E-state index in [0.29, 0.717) is 5.82 Å². The third kappa shape index (κ3) is 3.08. The van der Waals surface area contributed by atoms with Crippen molar-refractivity contribution < 1.29 is 0 Å². The Hall–Kier alpha value is -3.09. The summed E-state index contributed by atoms with van der Waals surface area (Å²) in [5.41, 5.74) is 5.63. The SMILES string of the molecule is C/C(=N\Nc1ccccn1)c1cccc(-n2cnnn2)c1. The summed E-state index contributed by atoms with van der Waals surface area (Å²) in [6.45, 7) is 1.93. The van der Waals surface area contributed by atoms with Crippen molar-refractivity contribution in [2.75, 3.05) is 5.43 Å². The number of tetrazole rings is 1. The number of nitrogens with zero attached hydrogens (tertiary/aromatic N) is 6. The van der Waals surface area contributed by atoms with Gasteiger partial charge in [0, 0.05) is 6.20 Å². The Balaban J connectivity index is 1.81. The normalized spacial score (nSPS) is 11.4. The molecule has 104 valence electrons. The molecule has 0 unspecified atom stereocenters. The van der Waals surface area contributed by atoms with E-state index in [9.17, 15) is 0 Å². The summed E-state index contributed by atoms with van der Waals surface area (Å²) in [6, 6.07) is 13.4. The van der Waals surface area contributed by atoms with Gasteiger partial charge < -0.3 is 0 Å². The van der Waals surface area contributed by atoms with E-state index in [0.717, 1.165) is 17.0 Å². The standard InChI is InChI=1S/C14H13N7/c1-11(17-18-14-7-2-3-8-15-14)12-5-4-6-13(9-12)21-10-16-19-20-21/h2-10H,1H3,(H,15,18)/b17-11+. The van der Waals surface area contributed by atoms with Crippen LogP contribution in [0, 0.1) is 0 Å². The Morgan fingerprint density at radius 3 is 2.90 bits per heavy atom. The maximum atomic E-state index is 4.33. The zero-order chi connectivity index (χ0) is 14.5. The number of anilines is 1. The monoisotopic (exact) mass is 279 g/mol. The second-order valence-corrected chi connectivity index (χ2v) is 4.33. The number of hydrogen-bond donors (Lipinski definition) is 1. The van der Waals surface area contributed by atoms with Gasteiger partial charge >= 0.3 is 0 Å². The molecular weight excluding hydrogens is 266 g/mol. The van der Waals surface area contributed by atoms with E-state index >= 15 is 0 Å². The fraction of sp³-hybridized carbons (Fsp3) is 0.0714. The Kier molecular flexibility index (Phi) is 3.64. The molecule has 0 atom stereocenters. The molecule has 1 N–H and O–H groups in total. The molecule has 0 aliphatic rings. The number of hydrazone groups is 1. The topological polar surface area (TPSA) is 80.9 Å². The van der Waals surface area contributed by atoms with Crippen molar-refractivity contribution in [1.82, 2.24) is 25.2 Å². The van der Waals surface area contributed by atoms with E-state index in [1.165, 1.54) is 0 Å². The van der Waals surface area contributed by atoms with E-state index in [4.69, 9.17) is 0 Å². The van der Waals surface area contributed by atoms with Gasteiger partial charge in [-0.3, -0.25) is 5.43 Å². The van der Waals surface area contributed by atoms with Crippen molar-refractivity contribution in [2.24, 2.45) is 5.10 Å². The van der Waals surface area contributed by atoms with Gasteiger partial charge in [0.25, 0.3) is 0 Å². The van der Waals surface area contributed by atoms with Crippen molar-refractivity contribution in [3.63, 3.8) is 0 Å². The largest absolute Gasteiger partial charge is 0.261 e. The summed E-state index contributed by atoms with van der Waals surface area (Å²) < 4.78 is 1.60. The lowest BCUT2D eigenvalue weighted by molar-refractivity contribution is 0.789. The van der Waals surface area contributed by atoms with Gasteiger partial charge in [-0.1, -0.05) is 18.2 Å². The van der Waals surface area contributed by atoms with Crippen LogP contribution in [0.1, 0.15) is 12.5 Å². The molecule has 0 saturated heterocycles. The zero-order valence-corrected chi connectivity index (χ0v) is 11.4. The average molecular weight is 279 g/mol. The molecule has 2 heterocycles. The minimum Gasteiger partial charge on any atom is -0.261 e. The van der Waals surface area contributed by atoms with Crippen LogP contribution in [0.25, 0.3) is 5.69 Å². The zero-order valence-electron chi connectivity index (χ0n) is 11.4. The molecule has 0 aliphatic heterocycles. The van der Waals surface area contributed by atoms with Crippen LogP contribution in [0.3, 0.4) is 0 Å². The van der Waals surface area contributed by atoms with Crippen molar-refractivity contribution >= 4 is 11.5 Å². The first-order chi connectivity index (χ1) is 10.3. The second-order valence-electron chi connectivity index (χ2n) is 4.33. The third-order valence-corrected chi connectivity index (χ3v) is 2.88. The smallest absolute Gasteiger partial charge is 0.146 e. The summed E-state index contributed by atoms with van der Waals surface area (Å²) in [6.07, 6.45) is 3.27. The molecule has 0 radical (unpaired) electrons. The summed E-state index contributed by atoms with van der Waals surface area (Å²) in [4.78, 5) is 4.15. The summed E-state index contributed by atoms with van der Waals surface area (Å²) in [5, 5.41) is 15.5. The first kappa shape index (κ1) is 12.9. The van der Waals surface area contributed by atoms with Crippen molar-refractivity contribution in [3.05, 3.63) is 60.6 Å². The second kappa shape index (κ2) is 5.91. The molecule has 0 saturated carbocycles. The highest BCUT2D eigenvalue weighted by Gasteiger charge is 2.02. The quantitative estimate of drug-likeness (QED) is 0.582. The van der Waals surface area contributed by atoms with Gasteiger partial charge in [0.2, 0.25) is 0 Å². The Bertz CT molecular complexity index is 735. The number of benzene rings is 1. The number of hydrogen-bond acceptors (Lipinski definition) is 6. The predicted molar refractivity (Wildman–Crippen MR) is 79.2 cm³/mol. The van der Waals surface area contributed by atoms with Crippen LogP contribution < -0.4 is 5.43 Å². The van der Waals surface area contributed by atoms with Crippen LogP contribution in [-0.2, 0) is 0 Å². The number of nitrogens with one attached hydrogen (secondary N) is 1. The first-order valence-electron chi connectivity index (χ1n) is 6.38. The highest BCUT2D eigenvalue weighted by Crippen LogP contribution is 2.10. The van der Waals surface area contributed by atoms with Gasteiger partial charge in [-0.15, -0.1) is 5.10 Å². The van der Waals surface area contributed by atoms with E-state index < -0.39 is 0 Å². The molecule has 0 aliphatic carbocycles. The molecule has 0 spiro atoms. The molecule has 3 rings (SSSR count). The molecule has 21 heavy (non-hydrogen) atoms. The Morgan fingerprint density at radius 1 is 1.19 bits per heavy atom. The van der Waals surface area contributed by atoms with Crippen molar-refractivity contribution in [2.45, 2.75) is 6.92 Å². The number of rotatable bonds is 4. The Morgan fingerprint density at radius 2 is 2.14 bits per heavy atom. The van der Waals surface area contributed by atoms with Crippen molar-refractivity contribution in [1.29, 1.82) is 0 Å². The van der Waals surface area contributed by atoms with Gasteiger partial charge in [0.1, 0.15) is 12.1 Å². The van der Waals surface area contributed by atoms with Crippen LogP contribution >= 0.6 is 0 Å². The fourth-order valence-corrected chi connectivity index (χ4v) is 1.79. The highest BCUT2D eigenvalue weighted by atomic mass is 15.5.